The van der Waals surface area contributed by atoms with Gasteiger partial charge in [0.2, 0.25) is 0 Å². The lowest BCUT2D eigenvalue weighted by molar-refractivity contribution is 0.0830. The number of methoxy groups -OCH3 is 1. The summed E-state index contributed by atoms with van der Waals surface area (Å²) in [5.41, 5.74) is 5.54. The van der Waals surface area contributed by atoms with E-state index >= 15 is 0 Å². The van der Waals surface area contributed by atoms with Crippen LogP contribution in [0, 0.1) is 6.92 Å². The van der Waals surface area contributed by atoms with Crippen LogP contribution in [-0.4, -0.2) is 24.0 Å². The highest BCUT2D eigenvalue weighted by atomic mass is 35.5. The molecule has 2 amide bonds. The largest absolute Gasteiger partial charge is 0.507 e. The predicted octanol–water partition coefficient (Wildman–Crippen LogP) is 3.18. The normalized spacial score (nSPS) is 10.6. The summed E-state index contributed by atoms with van der Waals surface area (Å²) in [6.45, 7) is 1.73. The standard InChI is InChI=1S/C18H15ClN2O5/c1-9-12-8-11(25-2)4-6-15(12)26-16(9)18(24)21-20-17(23)13-7-10(19)3-5-14(13)22/h3-8,22H,1-2H3,(H,20,23)(H,21,24). The molecule has 26 heavy (non-hydrogen) atoms. The highest BCUT2D eigenvalue weighted by molar-refractivity contribution is 6.31. The van der Waals surface area contributed by atoms with Crippen LogP contribution in [0.2, 0.25) is 5.02 Å². The Hall–Kier alpha value is -3.19. The molecule has 2 aromatic carbocycles. The molecule has 0 fully saturated rings. The third kappa shape index (κ3) is 3.29. The zero-order valence-corrected chi connectivity index (χ0v) is 14.7. The van der Waals surface area contributed by atoms with Crippen molar-refractivity contribution in [3.05, 3.63) is 58.3 Å². The van der Waals surface area contributed by atoms with E-state index in [0.717, 1.165) is 5.39 Å². The van der Waals surface area contributed by atoms with Crippen LogP contribution in [0.15, 0.2) is 40.8 Å². The molecule has 0 spiro atoms. The molecule has 1 heterocycles. The van der Waals surface area contributed by atoms with Crippen molar-refractivity contribution in [1.82, 2.24) is 10.9 Å². The number of phenolic OH excluding ortho intramolecular Hbond substituents is 1. The molecule has 0 aliphatic heterocycles. The van der Waals surface area contributed by atoms with Crippen molar-refractivity contribution in [1.29, 1.82) is 0 Å². The zero-order chi connectivity index (χ0) is 18.8. The summed E-state index contributed by atoms with van der Waals surface area (Å²) in [7, 11) is 1.55. The van der Waals surface area contributed by atoms with Crippen molar-refractivity contribution in [3.63, 3.8) is 0 Å². The van der Waals surface area contributed by atoms with Crippen molar-refractivity contribution in [2.75, 3.05) is 7.11 Å². The number of benzene rings is 2. The summed E-state index contributed by atoms with van der Waals surface area (Å²) in [6.07, 6.45) is 0. The number of amides is 2. The third-order valence-corrected chi connectivity index (χ3v) is 4.08. The first-order valence-corrected chi connectivity index (χ1v) is 7.95. The van der Waals surface area contributed by atoms with Crippen molar-refractivity contribution >= 4 is 34.4 Å². The van der Waals surface area contributed by atoms with Crippen LogP contribution < -0.4 is 15.6 Å². The summed E-state index contributed by atoms with van der Waals surface area (Å²) < 4.78 is 10.7. The van der Waals surface area contributed by atoms with Crippen LogP contribution in [0.5, 0.6) is 11.5 Å². The Morgan fingerprint density at radius 3 is 2.58 bits per heavy atom. The van der Waals surface area contributed by atoms with Gasteiger partial charge in [-0.15, -0.1) is 0 Å². The van der Waals surface area contributed by atoms with Crippen LogP contribution in [0.3, 0.4) is 0 Å². The summed E-state index contributed by atoms with van der Waals surface area (Å²) in [5, 5.41) is 10.7. The lowest BCUT2D eigenvalue weighted by Gasteiger charge is -2.08. The minimum atomic E-state index is -0.714. The van der Waals surface area contributed by atoms with Crippen molar-refractivity contribution in [2.45, 2.75) is 6.92 Å². The van der Waals surface area contributed by atoms with Gasteiger partial charge in [0.1, 0.15) is 17.1 Å². The van der Waals surface area contributed by atoms with Crippen LogP contribution >= 0.6 is 11.6 Å². The molecule has 1 aromatic heterocycles. The number of nitrogens with one attached hydrogen (secondary N) is 2. The van der Waals surface area contributed by atoms with Crippen molar-refractivity contribution < 1.29 is 23.8 Å². The maximum atomic E-state index is 12.3. The molecule has 3 rings (SSSR count). The van der Waals surface area contributed by atoms with E-state index < -0.39 is 11.8 Å². The highest BCUT2D eigenvalue weighted by Crippen LogP contribution is 2.28. The summed E-state index contributed by atoms with van der Waals surface area (Å²) in [5.74, 6) is -0.906. The maximum Gasteiger partial charge on any atom is 0.305 e. The monoisotopic (exact) mass is 374 g/mol. The van der Waals surface area contributed by atoms with Gasteiger partial charge in [-0.2, -0.15) is 0 Å². The van der Waals surface area contributed by atoms with Crippen LogP contribution in [0.25, 0.3) is 11.0 Å². The van der Waals surface area contributed by atoms with Gasteiger partial charge >= 0.3 is 5.91 Å². The van der Waals surface area contributed by atoms with Crippen molar-refractivity contribution in [2.24, 2.45) is 0 Å². The first-order valence-electron chi connectivity index (χ1n) is 7.57. The van der Waals surface area contributed by atoms with Crippen LogP contribution in [0.1, 0.15) is 26.5 Å². The Morgan fingerprint density at radius 2 is 1.85 bits per heavy atom. The van der Waals surface area contributed by atoms with Crippen molar-refractivity contribution in [3.8, 4) is 11.5 Å². The van der Waals surface area contributed by atoms with Gasteiger partial charge in [-0.05, 0) is 43.3 Å². The van der Waals surface area contributed by atoms with Gasteiger partial charge in [0.15, 0.2) is 5.76 Å². The molecule has 3 N–H and O–H groups in total. The number of aromatic hydroxyl groups is 1. The Kier molecular flexibility index (Phi) is 4.73. The van der Waals surface area contributed by atoms with E-state index in [-0.39, 0.29) is 22.1 Å². The molecule has 0 saturated heterocycles. The van der Waals surface area contributed by atoms with Gasteiger partial charge in [0.05, 0.1) is 12.7 Å². The number of furan rings is 1. The van der Waals surface area contributed by atoms with Gasteiger partial charge in [-0.3, -0.25) is 20.4 Å². The van der Waals surface area contributed by atoms with E-state index in [9.17, 15) is 14.7 Å². The van der Waals surface area contributed by atoms with Crippen LogP contribution in [0.4, 0.5) is 0 Å². The number of halogens is 1. The molecular weight excluding hydrogens is 360 g/mol. The van der Waals surface area contributed by atoms with Gasteiger partial charge in [0, 0.05) is 16.0 Å². The second-order valence-corrected chi connectivity index (χ2v) is 5.92. The first-order chi connectivity index (χ1) is 12.4. The maximum absolute atomic E-state index is 12.3. The van der Waals surface area contributed by atoms with Gasteiger partial charge in [-0.1, -0.05) is 11.6 Å². The van der Waals surface area contributed by atoms with E-state index in [1.165, 1.54) is 18.2 Å². The molecule has 7 nitrogen and oxygen atoms in total. The number of hydrogen-bond acceptors (Lipinski definition) is 5. The van der Waals surface area contributed by atoms with E-state index in [1.807, 2.05) is 0 Å². The topological polar surface area (TPSA) is 101 Å². The molecule has 0 bridgehead atoms. The molecule has 0 radical (unpaired) electrons. The van der Waals surface area contributed by atoms with E-state index in [4.69, 9.17) is 20.8 Å². The third-order valence-electron chi connectivity index (χ3n) is 3.84. The SMILES string of the molecule is COc1ccc2oc(C(=O)NNC(=O)c3cc(Cl)ccc3O)c(C)c2c1. The summed E-state index contributed by atoms with van der Waals surface area (Å²) in [6, 6.07) is 9.19. The predicted molar refractivity (Wildman–Crippen MR) is 95.6 cm³/mol. The fraction of sp³-hybridized carbons (Fsp3) is 0.111. The lowest BCUT2D eigenvalue weighted by Crippen LogP contribution is -2.41. The van der Waals surface area contributed by atoms with E-state index in [2.05, 4.69) is 10.9 Å². The number of carbonyl (C=O) groups is 2. The fourth-order valence-electron chi connectivity index (χ4n) is 2.47. The van der Waals surface area contributed by atoms with Gasteiger partial charge < -0.3 is 14.3 Å². The minimum Gasteiger partial charge on any atom is -0.507 e. The van der Waals surface area contributed by atoms with Crippen LogP contribution in [-0.2, 0) is 0 Å². The Balaban J connectivity index is 1.78. The number of aryl methyl sites for hydroxylation is 1. The molecule has 0 aliphatic carbocycles. The van der Waals surface area contributed by atoms with Gasteiger partial charge in [-0.25, -0.2) is 0 Å². The summed E-state index contributed by atoms with van der Waals surface area (Å²) in [4.78, 5) is 24.4. The molecule has 0 atom stereocenters. The van der Waals surface area contributed by atoms with E-state index in [0.29, 0.717) is 16.9 Å². The Bertz CT molecular complexity index is 1010. The highest BCUT2D eigenvalue weighted by Gasteiger charge is 2.19. The number of ether oxygens (including phenoxy) is 1. The Labute approximate surface area is 153 Å². The average Bonchev–Trinajstić information content (AvgIpc) is 2.97. The average molecular weight is 375 g/mol. The second-order valence-electron chi connectivity index (χ2n) is 5.49. The van der Waals surface area contributed by atoms with Gasteiger partial charge in [0.25, 0.3) is 5.91 Å². The number of carbonyl (C=O) groups excluding carboxylic acids is 2. The summed E-state index contributed by atoms with van der Waals surface area (Å²) >= 11 is 5.81. The lowest BCUT2D eigenvalue weighted by atomic mass is 10.1. The number of phenols is 1. The van der Waals surface area contributed by atoms with E-state index in [1.54, 1.807) is 32.2 Å². The number of hydrogen-bond donors (Lipinski definition) is 3. The minimum absolute atomic E-state index is 0.0591. The molecule has 0 unspecified atom stereocenters. The molecule has 3 aromatic rings. The zero-order valence-electron chi connectivity index (χ0n) is 13.9. The first kappa shape index (κ1) is 17.6. The molecule has 0 saturated carbocycles. The molecule has 0 aliphatic rings. The molecule has 134 valence electrons. The smallest absolute Gasteiger partial charge is 0.305 e. The number of hydrazine groups is 1. The molecule has 8 heteroatoms. The Morgan fingerprint density at radius 1 is 1.12 bits per heavy atom. The number of fused-ring (bicyclic) bond motifs is 1. The second kappa shape index (κ2) is 6.97. The number of rotatable bonds is 3. The molecular formula is C18H15ClN2O5. The quantitative estimate of drug-likeness (QED) is 0.611. The fourth-order valence-corrected chi connectivity index (χ4v) is 2.64.